The molecule has 2 N–H and O–H groups in total. The van der Waals surface area contributed by atoms with Gasteiger partial charge < -0.3 is 10.6 Å². The van der Waals surface area contributed by atoms with E-state index in [1.807, 2.05) is 38.2 Å². The van der Waals surface area contributed by atoms with Crippen molar-refractivity contribution >= 4 is 28.4 Å². The molecule has 0 unspecified atom stereocenters. The smallest absolute Gasteiger partial charge is 0.255 e. The first-order valence-corrected chi connectivity index (χ1v) is 13.5. The van der Waals surface area contributed by atoms with Crippen molar-refractivity contribution in [1.29, 1.82) is 0 Å². The van der Waals surface area contributed by atoms with Crippen LogP contribution in [0.1, 0.15) is 41.3 Å². The van der Waals surface area contributed by atoms with Gasteiger partial charge in [-0.2, -0.15) is 0 Å². The molecule has 1 aromatic heterocycles. The van der Waals surface area contributed by atoms with Crippen molar-refractivity contribution in [1.82, 2.24) is 15.2 Å². The van der Waals surface area contributed by atoms with Gasteiger partial charge in [-0.05, 0) is 104 Å². The minimum atomic E-state index is -0.277. The number of hydrogen-bond donors (Lipinski definition) is 2. The Kier molecular flexibility index (Phi) is 7.98. The number of aryl methyl sites for hydroxylation is 1. The highest BCUT2D eigenvalue weighted by Crippen LogP contribution is 2.26. The summed E-state index contributed by atoms with van der Waals surface area (Å²) in [5.41, 5.74) is 5.99. The second-order valence-electron chi connectivity index (χ2n) is 10.2. The number of fused-ring (bicyclic) bond motifs is 1. The van der Waals surface area contributed by atoms with Gasteiger partial charge in [-0.1, -0.05) is 24.3 Å². The van der Waals surface area contributed by atoms with Crippen LogP contribution in [-0.4, -0.2) is 41.3 Å². The number of nitrogens with one attached hydrogen (secondary N) is 2. The summed E-state index contributed by atoms with van der Waals surface area (Å²) in [6.45, 7) is 7.21. The Morgan fingerprint density at radius 1 is 0.974 bits per heavy atom. The fourth-order valence-corrected chi connectivity index (χ4v) is 5.14. The third-order valence-electron chi connectivity index (χ3n) is 7.37. The Hall–Kier alpha value is -4.10. The summed E-state index contributed by atoms with van der Waals surface area (Å²) in [5.74, 6) is -0.193. The molecule has 0 radical (unpaired) electrons. The molecule has 4 aromatic rings. The van der Waals surface area contributed by atoms with Crippen LogP contribution in [0.15, 0.2) is 72.9 Å². The van der Waals surface area contributed by atoms with Crippen LogP contribution in [-0.2, 0) is 11.3 Å². The van der Waals surface area contributed by atoms with E-state index in [0.717, 1.165) is 71.3 Å². The van der Waals surface area contributed by atoms with Gasteiger partial charge in [0, 0.05) is 41.8 Å². The van der Waals surface area contributed by atoms with Gasteiger partial charge in [0.1, 0.15) is 5.82 Å². The molecule has 1 aliphatic heterocycles. The molecule has 3 aromatic carbocycles. The summed E-state index contributed by atoms with van der Waals surface area (Å²) in [7, 11) is 0. The van der Waals surface area contributed by atoms with E-state index in [1.165, 1.54) is 12.1 Å². The van der Waals surface area contributed by atoms with Crippen LogP contribution in [0, 0.1) is 18.7 Å². The van der Waals surface area contributed by atoms with Crippen LogP contribution in [0.3, 0.4) is 0 Å². The molecular weight excluding hydrogens is 491 g/mol. The molecule has 0 bridgehead atoms. The number of anilines is 1. The van der Waals surface area contributed by atoms with Gasteiger partial charge in [-0.3, -0.25) is 19.5 Å². The van der Waals surface area contributed by atoms with Crippen molar-refractivity contribution in [3.05, 3.63) is 95.4 Å². The molecule has 0 atom stereocenters. The zero-order valence-corrected chi connectivity index (χ0v) is 22.3. The Balaban J connectivity index is 1.23. The van der Waals surface area contributed by atoms with Crippen molar-refractivity contribution in [2.45, 2.75) is 33.2 Å². The molecule has 0 saturated carbocycles. The van der Waals surface area contributed by atoms with Gasteiger partial charge in [0.05, 0.1) is 5.52 Å². The van der Waals surface area contributed by atoms with Gasteiger partial charge in [0.25, 0.3) is 5.91 Å². The Bertz CT molecular complexity index is 1480. The number of rotatable bonds is 7. The number of carbonyl (C=O) groups excluding carboxylic acids is 2. The number of likely N-dealkylation sites (tertiary alicyclic amines) is 1. The van der Waals surface area contributed by atoms with Crippen LogP contribution in [0.25, 0.3) is 22.0 Å². The van der Waals surface area contributed by atoms with Crippen molar-refractivity contribution in [3.8, 4) is 11.1 Å². The van der Waals surface area contributed by atoms with Gasteiger partial charge in [0.2, 0.25) is 5.91 Å². The van der Waals surface area contributed by atoms with Crippen LogP contribution in [0.4, 0.5) is 10.1 Å². The van der Waals surface area contributed by atoms with E-state index in [9.17, 15) is 14.0 Å². The van der Waals surface area contributed by atoms with Crippen molar-refractivity contribution < 1.29 is 14.0 Å². The Labute approximate surface area is 228 Å². The summed E-state index contributed by atoms with van der Waals surface area (Å²) >= 11 is 0. The summed E-state index contributed by atoms with van der Waals surface area (Å²) < 4.78 is 13.2. The molecule has 1 saturated heterocycles. The first-order valence-electron chi connectivity index (χ1n) is 13.5. The van der Waals surface area contributed by atoms with Gasteiger partial charge >= 0.3 is 0 Å². The monoisotopic (exact) mass is 524 g/mol. The lowest BCUT2D eigenvalue weighted by molar-refractivity contribution is -0.126. The van der Waals surface area contributed by atoms with Crippen LogP contribution < -0.4 is 10.6 Å². The zero-order chi connectivity index (χ0) is 27.4. The molecule has 5 rings (SSSR count). The Morgan fingerprint density at radius 3 is 2.31 bits per heavy atom. The lowest BCUT2D eigenvalue weighted by atomic mass is 9.95. The molecule has 1 aliphatic rings. The van der Waals surface area contributed by atoms with E-state index in [0.29, 0.717) is 12.1 Å². The minimum Gasteiger partial charge on any atom is -0.356 e. The summed E-state index contributed by atoms with van der Waals surface area (Å²) in [6, 6.07) is 19.7. The summed E-state index contributed by atoms with van der Waals surface area (Å²) in [4.78, 5) is 32.1. The average molecular weight is 525 g/mol. The highest BCUT2D eigenvalue weighted by molar-refractivity contribution is 6.05. The number of amides is 2. The minimum absolute atomic E-state index is 0.111. The molecule has 0 spiro atoms. The zero-order valence-electron chi connectivity index (χ0n) is 22.3. The highest BCUT2D eigenvalue weighted by Gasteiger charge is 2.24. The summed E-state index contributed by atoms with van der Waals surface area (Å²) in [5, 5.41) is 6.99. The molecule has 0 aliphatic carbocycles. The second-order valence-corrected chi connectivity index (χ2v) is 10.2. The van der Waals surface area contributed by atoms with Gasteiger partial charge in [-0.25, -0.2) is 4.39 Å². The fourth-order valence-electron chi connectivity index (χ4n) is 5.14. The molecule has 6 nitrogen and oxygen atoms in total. The number of nitrogens with zero attached hydrogens (tertiary/aromatic N) is 2. The molecule has 200 valence electrons. The van der Waals surface area contributed by atoms with E-state index in [-0.39, 0.29) is 23.5 Å². The van der Waals surface area contributed by atoms with Crippen LogP contribution in [0.5, 0.6) is 0 Å². The predicted octanol–water partition coefficient (Wildman–Crippen LogP) is 5.95. The predicted molar refractivity (Wildman–Crippen MR) is 153 cm³/mol. The third kappa shape index (κ3) is 6.32. The fraction of sp³-hybridized carbons (Fsp3) is 0.281. The molecular formula is C32H33FN4O2. The second kappa shape index (κ2) is 11.7. The lowest BCUT2D eigenvalue weighted by Crippen LogP contribution is -2.40. The van der Waals surface area contributed by atoms with Crippen molar-refractivity contribution in [2.24, 2.45) is 5.92 Å². The maximum atomic E-state index is 13.2. The first kappa shape index (κ1) is 26.5. The molecule has 2 heterocycles. The maximum Gasteiger partial charge on any atom is 0.255 e. The Morgan fingerprint density at radius 2 is 1.64 bits per heavy atom. The largest absolute Gasteiger partial charge is 0.356 e. The van der Waals surface area contributed by atoms with E-state index in [2.05, 4.69) is 32.7 Å². The van der Waals surface area contributed by atoms with Crippen molar-refractivity contribution in [3.63, 3.8) is 0 Å². The number of carbonyl (C=O) groups is 2. The number of benzene rings is 3. The maximum absolute atomic E-state index is 13.2. The number of aromatic nitrogens is 1. The topological polar surface area (TPSA) is 74.3 Å². The standard InChI is InChI=1S/C32H33FN4O2/c1-3-34-31(38)26-12-14-37(15-13-26)20-22-17-27-16-21(2)29(18-30(27)35-19-22)36-32(39)25-6-4-23(5-7-25)24-8-10-28(33)11-9-24/h4-11,16-19,26H,3,12-15,20H2,1-2H3,(H,34,38)(H,36,39). The molecule has 39 heavy (non-hydrogen) atoms. The van der Waals surface area contributed by atoms with Crippen molar-refractivity contribution in [2.75, 3.05) is 25.0 Å². The van der Waals surface area contributed by atoms with Gasteiger partial charge in [0.15, 0.2) is 0 Å². The SMILES string of the molecule is CCNC(=O)C1CCN(Cc2cnc3cc(NC(=O)c4ccc(-c5ccc(F)cc5)cc4)c(C)cc3c2)CC1. The quantitative estimate of drug-likeness (QED) is 0.313. The number of hydrogen-bond acceptors (Lipinski definition) is 4. The van der Waals surface area contributed by atoms with E-state index >= 15 is 0 Å². The highest BCUT2D eigenvalue weighted by atomic mass is 19.1. The molecule has 2 amide bonds. The lowest BCUT2D eigenvalue weighted by Gasteiger charge is -2.31. The number of halogens is 1. The number of piperidine rings is 1. The van der Waals surface area contributed by atoms with E-state index in [4.69, 9.17) is 0 Å². The van der Waals surface area contributed by atoms with Crippen LogP contribution in [0.2, 0.25) is 0 Å². The van der Waals surface area contributed by atoms with Crippen LogP contribution >= 0.6 is 0 Å². The number of pyridine rings is 1. The van der Waals surface area contributed by atoms with E-state index < -0.39 is 0 Å². The summed E-state index contributed by atoms with van der Waals surface area (Å²) in [6.07, 6.45) is 3.65. The van der Waals surface area contributed by atoms with Gasteiger partial charge in [-0.15, -0.1) is 0 Å². The molecule has 7 heteroatoms. The molecule has 1 fully saturated rings. The van der Waals surface area contributed by atoms with E-state index in [1.54, 1.807) is 24.3 Å². The first-order chi connectivity index (χ1) is 18.9. The average Bonchev–Trinajstić information content (AvgIpc) is 2.94. The normalized spacial score (nSPS) is 14.3. The third-order valence-corrected chi connectivity index (χ3v) is 7.37.